The highest BCUT2D eigenvalue weighted by Gasteiger charge is 2.32. The van der Waals surface area contributed by atoms with Crippen molar-refractivity contribution < 1.29 is 14.4 Å². The number of aromatic nitrogens is 4. The molecule has 3 aliphatic heterocycles. The molecule has 3 aliphatic rings. The molecule has 0 aliphatic carbocycles. The van der Waals surface area contributed by atoms with Gasteiger partial charge in [-0.15, -0.1) is 0 Å². The molecule has 0 bridgehead atoms. The third-order valence-corrected chi connectivity index (χ3v) is 9.00. The lowest BCUT2D eigenvalue weighted by Gasteiger charge is -2.34. The first-order chi connectivity index (χ1) is 21.2. The third kappa shape index (κ3) is 5.24. The van der Waals surface area contributed by atoms with Crippen LogP contribution in [0, 0.1) is 0 Å². The van der Waals surface area contributed by atoms with Gasteiger partial charge in [-0.25, -0.2) is 4.98 Å². The van der Waals surface area contributed by atoms with Crippen LogP contribution < -0.4 is 20.4 Å². The van der Waals surface area contributed by atoms with Crippen LogP contribution >= 0.6 is 11.6 Å². The van der Waals surface area contributed by atoms with E-state index in [-0.39, 0.29) is 17.7 Å². The van der Waals surface area contributed by atoms with Crippen molar-refractivity contribution in [1.29, 1.82) is 0 Å². The Morgan fingerprint density at radius 3 is 2.66 bits per heavy atom. The topological polar surface area (TPSA) is 129 Å². The summed E-state index contributed by atoms with van der Waals surface area (Å²) in [5.41, 5.74) is 5.57. The molecule has 2 saturated heterocycles. The molecule has 4 aromatic rings. The summed E-state index contributed by atoms with van der Waals surface area (Å²) in [6, 6.07) is 12.1. The number of fused-ring (bicyclic) bond motifs is 2. The Hall–Kier alpha value is -4.55. The lowest BCUT2D eigenvalue weighted by atomic mass is 9.92. The number of piperazine rings is 1. The van der Waals surface area contributed by atoms with E-state index in [2.05, 4.69) is 42.6 Å². The largest absolute Gasteiger partial charge is 0.339 e. The van der Waals surface area contributed by atoms with E-state index in [0.717, 1.165) is 66.3 Å². The molecule has 5 heterocycles. The van der Waals surface area contributed by atoms with Crippen LogP contribution in [-0.2, 0) is 34.4 Å². The summed E-state index contributed by atoms with van der Waals surface area (Å²) in [5.74, 6) is 0.307. The fourth-order valence-electron chi connectivity index (χ4n) is 6.29. The Bertz CT molecular complexity index is 1810. The third-order valence-electron chi connectivity index (χ3n) is 8.73. The zero-order valence-electron chi connectivity index (χ0n) is 24.5. The Morgan fingerprint density at radius 1 is 1.05 bits per heavy atom. The molecule has 2 fully saturated rings. The Labute approximate surface area is 259 Å². The van der Waals surface area contributed by atoms with Gasteiger partial charge < -0.3 is 15.1 Å². The molecule has 226 valence electrons. The first kappa shape index (κ1) is 28.2. The van der Waals surface area contributed by atoms with Gasteiger partial charge in [0.05, 0.1) is 29.7 Å². The van der Waals surface area contributed by atoms with E-state index >= 15 is 0 Å². The Kier molecular flexibility index (Phi) is 7.17. The molecule has 2 aromatic heterocycles. The van der Waals surface area contributed by atoms with E-state index in [4.69, 9.17) is 16.6 Å². The SMILES string of the molecule is CN1C(=O)Cc2cc(Nc3nc(N4CCN(Cc5ccc6c(C7CCC(=O)NC7=O)nn(C)c6c5)CC4)ncc3Cl)ccc21. The van der Waals surface area contributed by atoms with Crippen LogP contribution in [-0.4, -0.2) is 75.6 Å². The van der Waals surface area contributed by atoms with Gasteiger partial charge in [-0.05, 0) is 41.8 Å². The highest BCUT2D eigenvalue weighted by atomic mass is 35.5. The molecule has 44 heavy (non-hydrogen) atoms. The molecule has 0 spiro atoms. The normalized spacial score (nSPS) is 19.1. The molecule has 1 atom stereocenters. The fraction of sp³-hybridized carbons (Fsp3) is 0.355. The van der Waals surface area contributed by atoms with E-state index in [1.54, 1.807) is 18.1 Å². The number of anilines is 4. The molecule has 2 aromatic carbocycles. The number of nitrogens with zero attached hydrogens (tertiary/aromatic N) is 7. The number of halogens is 1. The summed E-state index contributed by atoms with van der Waals surface area (Å²) < 4.78 is 1.82. The van der Waals surface area contributed by atoms with Crippen LogP contribution in [0.25, 0.3) is 10.9 Å². The van der Waals surface area contributed by atoms with Crippen molar-refractivity contribution in [2.45, 2.75) is 31.7 Å². The zero-order valence-corrected chi connectivity index (χ0v) is 25.3. The van der Waals surface area contributed by atoms with Crippen molar-refractivity contribution in [3.8, 4) is 0 Å². The van der Waals surface area contributed by atoms with Gasteiger partial charge in [0.2, 0.25) is 23.7 Å². The van der Waals surface area contributed by atoms with Crippen molar-refractivity contribution in [2.24, 2.45) is 7.05 Å². The van der Waals surface area contributed by atoms with Crippen LogP contribution in [0.2, 0.25) is 5.02 Å². The summed E-state index contributed by atoms with van der Waals surface area (Å²) in [5, 5.41) is 11.8. The number of benzene rings is 2. The molecular weight excluding hydrogens is 582 g/mol. The minimum atomic E-state index is -0.415. The number of carbonyl (C=O) groups is 3. The molecule has 3 amide bonds. The van der Waals surface area contributed by atoms with Gasteiger partial charge in [0, 0.05) is 70.0 Å². The van der Waals surface area contributed by atoms with Crippen LogP contribution in [0.5, 0.6) is 0 Å². The first-order valence-corrected chi connectivity index (χ1v) is 15.1. The quantitative estimate of drug-likeness (QED) is 0.315. The van der Waals surface area contributed by atoms with E-state index in [9.17, 15) is 14.4 Å². The van der Waals surface area contributed by atoms with Gasteiger partial charge in [0.1, 0.15) is 5.02 Å². The molecule has 13 heteroatoms. The predicted octanol–water partition coefficient (Wildman–Crippen LogP) is 3.12. The minimum Gasteiger partial charge on any atom is -0.339 e. The summed E-state index contributed by atoms with van der Waals surface area (Å²) in [6.45, 7) is 4.00. The van der Waals surface area contributed by atoms with E-state index in [1.807, 2.05) is 36.0 Å². The number of carbonyl (C=O) groups excluding carboxylic acids is 3. The average Bonchev–Trinajstić information content (AvgIpc) is 3.48. The summed E-state index contributed by atoms with van der Waals surface area (Å²) in [6.07, 6.45) is 2.81. The molecule has 12 nitrogen and oxygen atoms in total. The Morgan fingerprint density at radius 2 is 1.86 bits per heavy atom. The predicted molar refractivity (Wildman–Crippen MR) is 167 cm³/mol. The number of nitrogens with one attached hydrogen (secondary N) is 2. The number of likely N-dealkylation sites (N-methyl/N-ethyl adjacent to an activating group) is 1. The zero-order chi connectivity index (χ0) is 30.5. The minimum absolute atomic E-state index is 0.0788. The van der Waals surface area contributed by atoms with Gasteiger partial charge in [-0.3, -0.25) is 29.3 Å². The number of hydrogen-bond donors (Lipinski definition) is 2. The highest BCUT2D eigenvalue weighted by molar-refractivity contribution is 6.32. The lowest BCUT2D eigenvalue weighted by Crippen LogP contribution is -2.46. The number of hydrogen-bond acceptors (Lipinski definition) is 9. The van der Waals surface area contributed by atoms with E-state index < -0.39 is 5.92 Å². The maximum atomic E-state index is 12.5. The number of aryl methyl sites for hydroxylation is 1. The van der Waals surface area contributed by atoms with E-state index in [1.165, 1.54) is 5.56 Å². The molecule has 1 unspecified atom stereocenters. The average molecular weight is 614 g/mol. The molecule has 0 radical (unpaired) electrons. The summed E-state index contributed by atoms with van der Waals surface area (Å²) in [4.78, 5) is 51.6. The maximum Gasteiger partial charge on any atom is 0.235 e. The standard InChI is InChI=1S/C31H32ClN9O3/c1-38-24-7-4-20(14-19(24)15-27(38)43)34-29-23(32)16-33-31(36-29)41-11-9-40(10-12-41)17-18-3-5-21-25(13-18)39(2)37-28(21)22-6-8-26(42)35-30(22)44/h3-5,7,13-14,16,22H,6,8-12,15,17H2,1-2H3,(H,33,34,36)(H,35,42,44). The van der Waals surface area contributed by atoms with Crippen molar-refractivity contribution in [3.63, 3.8) is 0 Å². The smallest absolute Gasteiger partial charge is 0.235 e. The summed E-state index contributed by atoms with van der Waals surface area (Å²) >= 11 is 6.46. The second-order valence-electron chi connectivity index (χ2n) is 11.6. The van der Waals surface area contributed by atoms with Crippen molar-refractivity contribution in [2.75, 3.05) is 48.3 Å². The maximum absolute atomic E-state index is 12.5. The van der Waals surface area contributed by atoms with Gasteiger partial charge in [0.25, 0.3) is 0 Å². The van der Waals surface area contributed by atoms with Crippen LogP contribution in [0.15, 0.2) is 42.6 Å². The second-order valence-corrected chi connectivity index (χ2v) is 12.0. The molecule has 2 N–H and O–H groups in total. The van der Waals surface area contributed by atoms with Crippen LogP contribution in [0.1, 0.15) is 35.6 Å². The lowest BCUT2D eigenvalue weighted by molar-refractivity contribution is -0.134. The van der Waals surface area contributed by atoms with Crippen LogP contribution in [0.4, 0.5) is 23.1 Å². The first-order valence-electron chi connectivity index (χ1n) is 14.7. The monoisotopic (exact) mass is 613 g/mol. The van der Waals surface area contributed by atoms with Crippen LogP contribution in [0.3, 0.4) is 0 Å². The van der Waals surface area contributed by atoms with Gasteiger partial charge in [-0.2, -0.15) is 10.1 Å². The fourth-order valence-corrected chi connectivity index (χ4v) is 6.43. The van der Waals surface area contributed by atoms with Gasteiger partial charge in [-0.1, -0.05) is 23.7 Å². The Balaban J connectivity index is 0.999. The second kappa shape index (κ2) is 11.2. The molecule has 0 saturated carbocycles. The number of imide groups is 1. The molecule has 7 rings (SSSR count). The van der Waals surface area contributed by atoms with Crippen molar-refractivity contribution in [1.82, 2.24) is 30.0 Å². The highest BCUT2D eigenvalue weighted by Crippen LogP contribution is 2.33. The molecular formula is C31H32ClN9O3. The van der Waals surface area contributed by atoms with Crippen molar-refractivity contribution in [3.05, 3.63) is 64.4 Å². The van der Waals surface area contributed by atoms with Gasteiger partial charge in [0.15, 0.2) is 5.82 Å². The van der Waals surface area contributed by atoms with Gasteiger partial charge >= 0.3 is 0 Å². The number of rotatable bonds is 6. The number of piperidine rings is 1. The van der Waals surface area contributed by atoms with E-state index in [0.29, 0.717) is 36.1 Å². The summed E-state index contributed by atoms with van der Waals surface area (Å²) in [7, 11) is 3.67. The number of amides is 3. The van der Waals surface area contributed by atoms with Crippen molar-refractivity contribution >= 4 is 63.4 Å².